The van der Waals surface area contributed by atoms with Crippen LogP contribution in [0, 0.1) is 5.92 Å². The lowest BCUT2D eigenvalue weighted by atomic mass is 10.1. The summed E-state index contributed by atoms with van der Waals surface area (Å²) in [4.78, 5) is 10.6. The maximum absolute atomic E-state index is 10.6. The fraction of sp³-hybridized carbons (Fsp3) is 0.778. The molecule has 0 unspecified atom stereocenters. The molecule has 0 aliphatic rings. The van der Waals surface area contributed by atoms with Crippen LogP contribution in [0.3, 0.4) is 0 Å². The maximum atomic E-state index is 10.6. The predicted molar refractivity (Wildman–Crippen MR) is 53.3 cm³/mol. The molecule has 0 heterocycles. The molecule has 12 heavy (non-hydrogen) atoms. The van der Waals surface area contributed by atoms with E-state index < -0.39 is 0 Å². The van der Waals surface area contributed by atoms with Crippen LogP contribution < -0.4 is 0 Å². The summed E-state index contributed by atoms with van der Waals surface area (Å²) in [6, 6.07) is 0. The van der Waals surface area contributed by atoms with E-state index in [-0.39, 0.29) is 12.2 Å². The monoisotopic (exact) mass is 188 g/mol. The number of Topliss-reactive ketones (excluding diaryl/α,β-unsaturated/α-hetero) is 1. The molecular formula is C9H16O2S. The van der Waals surface area contributed by atoms with Crippen LogP contribution in [0.2, 0.25) is 0 Å². The van der Waals surface area contributed by atoms with E-state index in [1.807, 2.05) is 0 Å². The van der Waals surface area contributed by atoms with Crippen LogP contribution in [0.15, 0.2) is 0 Å². The number of hydrogen-bond donors (Lipinski definition) is 0. The Labute approximate surface area is 79.3 Å². The second-order valence-corrected chi connectivity index (χ2v) is 3.74. The standard InChI is InChI=1S/C9H16O2S/c1-7(2)4-5-11-9(12)6-8(3)10/h7H,4-6H2,1-3H3. The Kier molecular flexibility index (Phi) is 5.89. The number of carbonyl (C=O) groups is 1. The van der Waals surface area contributed by atoms with E-state index in [0.29, 0.717) is 17.6 Å². The van der Waals surface area contributed by atoms with Crippen molar-refractivity contribution in [3.8, 4) is 0 Å². The van der Waals surface area contributed by atoms with Gasteiger partial charge in [-0.2, -0.15) is 0 Å². The smallest absolute Gasteiger partial charge is 0.167 e. The molecule has 70 valence electrons. The summed E-state index contributed by atoms with van der Waals surface area (Å²) in [7, 11) is 0. The third kappa shape index (κ3) is 7.66. The van der Waals surface area contributed by atoms with Crippen molar-refractivity contribution in [2.45, 2.75) is 33.6 Å². The van der Waals surface area contributed by atoms with E-state index in [2.05, 4.69) is 13.8 Å². The van der Waals surface area contributed by atoms with Crippen LogP contribution >= 0.6 is 12.2 Å². The van der Waals surface area contributed by atoms with Crippen molar-refractivity contribution in [1.29, 1.82) is 0 Å². The lowest BCUT2D eigenvalue weighted by Gasteiger charge is -2.07. The van der Waals surface area contributed by atoms with Crippen molar-refractivity contribution in [1.82, 2.24) is 0 Å². The average molecular weight is 188 g/mol. The molecule has 0 bridgehead atoms. The average Bonchev–Trinajstić information content (AvgIpc) is 1.84. The molecule has 0 fully saturated rings. The molecule has 0 amide bonds. The molecule has 0 N–H and O–H groups in total. The van der Waals surface area contributed by atoms with Gasteiger partial charge in [0, 0.05) is 0 Å². The third-order valence-corrected chi connectivity index (χ3v) is 1.61. The summed E-state index contributed by atoms with van der Waals surface area (Å²) < 4.78 is 5.17. The van der Waals surface area contributed by atoms with Crippen LogP contribution in [0.5, 0.6) is 0 Å². The van der Waals surface area contributed by atoms with Crippen molar-refractivity contribution >= 4 is 23.1 Å². The molecule has 0 saturated heterocycles. The van der Waals surface area contributed by atoms with E-state index >= 15 is 0 Å². The van der Waals surface area contributed by atoms with Crippen molar-refractivity contribution in [2.75, 3.05) is 6.61 Å². The molecule has 0 saturated carbocycles. The van der Waals surface area contributed by atoms with Crippen molar-refractivity contribution in [2.24, 2.45) is 5.92 Å². The number of ketones is 1. The summed E-state index contributed by atoms with van der Waals surface area (Å²) >= 11 is 4.84. The second kappa shape index (κ2) is 6.12. The van der Waals surface area contributed by atoms with Gasteiger partial charge in [0.05, 0.1) is 13.0 Å². The molecular weight excluding hydrogens is 172 g/mol. The fourth-order valence-corrected chi connectivity index (χ4v) is 0.949. The SMILES string of the molecule is CC(=O)CC(=S)OCCC(C)C. The number of carbonyl (C=O) groups excluding carboxylic acids is 1. The van der Waals surface area contributed by atoms with E-state index in [1.54, 1.807) is 0 Å². The van der Waals surface area contributed by atoms with Crippen LogP contribution in [-0.4, -0.2) is 17.4 Å². The Morgan fingerprint density at radius 1 is 1.50 bits per heavy atom. The van der Waals surface area contributed by atoms with Gasteiger partial charge < -0.3 is 4.74 Å². The first-order valence-electron chi connectivity index (χ1n) is 4.17. The van der Waals surface area contributed by atoms with E-state index in [1.165, 1.54) is 6.92 Å². The maximum Gasteiger partial charge on any atom is 0.167 e. The van der Waals surface area contributed by atoms with Crippen LogP contribution in [-0.2, 0) is 9.53 Å². The predicted octanol–water partition coefficient (Wildman–Crippen LogP) is 2.36. The third-order valence-electron chi connectivity index (χ3n) is 1.35. The van der Waals surface area contributed by atoms with Crippen LogP contribution in [0.1, 0.15) is 33.6 Å². The summed E-state index contributed by atoms with van der Waals surface area (Å²) in [5.74, 6) is 0.676. The molecule has 0 aromatic heterocycles. The molecule has 0 aliphatic carbocycles. The lowest BCUT2D eigenvalue weighted by Crippen LogP contribution is -2.08. The molecule has 0 aromatic carbocycles. The molecule has 0 spiro atoms. The first-order valence-corrected chi connectivity index (χ1v) is 4.58. The molecule has 0 rings (SSSR count). The number of ether oxygens (including phenoxy) is 1. The van der Waals surface area contributed by atoms with Gasteiger partial charge in [0.15, 0.2) is 5.05 Å². The van der Waals surface area contributed by atoms with E-state index in [0.717, 1.165) is 6.42 Å². The van der Waals surface area contributed by atoms with Crippen molar-refractivity contribution in [3.63, 3.8) is 0 Å². The zero-order valence-corrected chi connectivity index (χ0v) is 8.74. The minimum atomic E-state index is 0.0598. The Morgan fingerprint density at radius 3 is 2.50 bits per heavy atom. The highest BCUT2D eigenvalue weighted by Gasteiger charge is 2.02. The highest BCUT2D eigenvalue weighted by molar-refractivity contribution is 7.80. The van der Waals surface area contributed by atoms with Gasteiger partial charge in [0.2, 0.25) is 0 Å². The molecule has 0 radical (unpaired) electrons. The fourth-order valence-electron chi connectivity index (χ4n) is 0.663. The summed E-state index contributed by atoms with van der Waals surface area (Å²) in [5.41, 5.74) is 0. The summed E-state index contributed by atoms with van der Waals surface area (Å²) in [6.07, 6.45) is 1.26. The van der Waals surface area contributed by atoms with Gasteiger partial charge >= 0.3 is 0 Å². The van der Waals surface area contributed by atoms with Gasteiger partial charge in [0.25, 0.3) is 0 Å². The first-order chi connectivity index (χ1) is 5.52. The highest BCUT2D eigenvalue weighted by atomic mass is 32.1. The van der Waals surface area contributed by atoms with Gasteiger partial charge in [-0.3, -0.25) is 4.79 Å². The van der Waals surface area contributed by atoms with Crippen molar-refractivity contribution < 1.29 is 9.53 Å². The number of thiocarbonyl (C=S) groups is 1. The summed E-state index contributed by atoms with van der Waals surface area (Å²) in [5, 5.41) is 0.420. The highest BCUT2D eigenvalue weighted by Crippen LogP contribution is 2.00. The van der Waals surface area contributed by atoms with E-state index in [4.69, 9.17) is 17.0 Å². The largest absolute Gasteiger partial charge is 0.487 e. The van der Waals surface area contributed by atoms with Crippen LogP contribution in [0.4, 0.5) is 0 Å². The zero-order chi connectivity index (χ0) is 9.56. The number of hydrogen-bond acceptors (Lipinski definition) is 3. The second-order valence-electron chi connectivity index (χ2n) is 3.28. The van der Waals surface area contributed by atoms with Crippen molar-refractivity contribution in [3.05, 3.63) is 0 Å². The van der Waals surface area contributed by atoms with Gasteiger partial charge in [-0.15, -0.1) is 0 Å². The van der Waals surface area contributed by atoms with Gasteiger partial charge in [-0.25, -0.2) is 0 Å². The number of rotatable bonds is 5. The first kappa shape index (κ1) is 11.6. The zero-order valence-electron chi connectivity index (χ0n) is 7.92. The van der Waals surface area contributed by atoms with Gasteiger partial charge in [-0.1, -0.05) is 13.8 Å². The Morgan fingerprint density at radius 2 is 2.08 bits per heavy atom. The Balaban J connectivity index is 3.38. The minimum Gasteiger partial charge on any atom is -0.487 e. The molecule has 0 atom stereocenters. The molecule has 0 aliphatic heterocycles. The molecule has 0 aromatic rings. The Hall–Kier alpha value is -0.440. The minimum absolute atomic E-state index is 0.0598. The quantitative estimate of drug-likeness (QED) is 0.619. The van der Waals surface area contributed by atoms with Gasteiger partial charge in [0.1, 0.15) is 5.78 Å². The molecule has 3 heteroatoms. The summed E-state index contributed by atoms with van der Waals surface area (Å²) in [6.45, 7) is 6.39. The normalized spacial score (nSPS) is 10.0. The topological polar surface area (TPSA) is 26.3 Å². The van der Waals surface area contributed by atoms with Crippen LogP contribution in [0.25, 0.3) is 0 Å². The molecule has 2 nitrogen and oxygen atoms in total. The van der Waals surface area contributed by atoms with Gasteiger partial charge in [-0.05, 0) is 31.5 Å². The van der Waals surface area contributed by atoms with E-state index in [9.17, 15) is 4.79 Å². The Bertz CT molecular complexity index is 164. The lowest BCUT2D eigenvalue weighted by molar-refractivity contribution is -0.116.